The van der Waals surface area contributed by atoms with Crippen LogP contribution in [0.5, 0.6) is 17.2 Å². The number of pyridine rings is 1. The number of nitrogens with one attached hydrogen (secondary N) is 1. The van der Waals surface area contributed by atoms with Crippen molar-refractivity contribution in [3.8, 4) is 17.2 Å². The van der Waals surface area contributed by atoms with Gasteiger partial charge < -0.3 is 19.5 Å². The number of hydrogen-bond donors (Lipinski definition) is 1. The van der Waals surface area contributed by atoms with Crippen LogP contribution in [0.2, 0.25) is 0 Å². The Labute approximate surface area is 196 Å². The summed E-state index contributed by atoms with van der Waals surface area (Å²) in [4.78, 5) is 29.3. The van der Waals surface area contributed by atoms with Crippen molar-refractivity contribution in [2.45, 2.75) is 20.5 Å². The third-order valence-corrected chi connectivity index (χ3v) is 5.22. The predicted octanol–water partition coefficient (Wildman–Crippen LogP) is 3.92. The van der Waals surface area contributed by atoms with Crippen molar-refractivity contribution in [3.63, 3.8) is 0 Å². The molecule has 1 N–H and O–H groups in total. The molecule has 0 aliphatic rings. The van der Waals surface area contributed by atoms with E-state index in [-0.39, 0.29) is 24.7 Å². The lowest BCUT2D eigenvalue weighted by atomic mass is 10.2. The van der Waals surface area contributed by atoms with E-state index in [4.69, 9.17) is 14.2 Å². The summed E-state index contributed by atoms with van der Waals surface area (Å²) in [7, 11) is 1.59. The molecule has 34 heavy (non-hydrogen) atoms. The fraction of sp³-hybridized carbons (Fsp3) is 0.192. The highest BCUT2D eigenvalue weighted by Gasteiger charge is 2.09. The Bertz CT molecular complexity index is 1380. The molecule has 0 atom stereocenters. The number of nitrogens with zero attached hydrogens (tertiary/aromatic N) is 2. The summed E-state index contributed by atoms with van der Waals surface area (Å²) < 4.78 is 18.1. The molecule has 0 bridgehead atoms. The van der Waals surface area contributed by atoms with Crippen molar-refractivity contribution in [2.24, 2.45) is 0 Å². The van der Waals surface area contributed by atoms with Gasteiger partial charge in [0.15, 0.2) is 6.61 Å². The van der Waals surface area contributed by atoms with Crippen LogP contribution in [0.3, 0.4) is 0 Å². The van der Waals surface area contributed by atoms with E-state index in [1.807, 2.05) is 32.0 Å². The Balaban J connectivity index is 1.40. The van der Waals surface area contributed by atoms with E-state index in [0.29, 0.717) is 34.3 Å². The van der Waals surface area contributed by atoms with Crippen molar-refractivity contribution >= 4 is 17.2 Å². The number of methoxy groups -OCH3 is 1. The quantitative estimate of drug-likeness (QED) is 0.430. The minimum Gasteiger partial charge on any atom is -0.497 e. The summed E-state index contributed by atoms with van der Waals surface area (Å²) in [6, 6.07) is 17.5. The number of carbonyl (C=O) groups is 1. The van der Waals surface area contributed by atoms with E-state index < -0.39 is 0 Å². The van der Waals surface area contributed by atoms with E-state index in [9.17, 15) is 9.59 Å². The molecule has 8 heteroatoms. The van der Waals surface area contributed by atoms with Crippen molar-refractivity contribution in [3.05, 3.63) is 94.0 Å². The molecule has 2 aromatic heterocycles. The number of aryl methyl sites for hydroxylation is 2. The summed E-state index contributed by atoms with van der Waals surface area (Å²) in [5.41, 5.74) is 3.33. The van der Waals surface area contributed by atoms with Crippen molar-refractivity contribution < 1.29 is 19.0 Å². The third-order valence-electron chi connectivity index (χ3n) is 5.22. The van der Waals surface area contributed by atoms with Gasteiger partial charge in [-0.2, -0.15) is 0 Å². The second-order valence-corrected chi connectivity index (χ2v) is 7.75. The van der Waals surface area contributed by atoms with Gasteiger partial charge >= 0.3 is 0 Å². The number of rotatable bonds is 8. The predicted molar refractivity (Wildman–Crippen MR) is 129 cm³/mol. The van der Waals surface area contributed by atoms with Gasteiger partial charge in [0.05, 0.1) is 12.8 Å². The van der Waals surface area contributed by atoms with Gasteiger partial charge in [-0.3, -0.25) is 14.0 Å². The molecule has 0 fully saturated rings. The average Bonchev–Trinajstić information content (AvgIpc) is 2.84. The van der Waals surface area contributed by atoms with E-state index in [1.54, 1.807) is 49.7 Å². The zero-order chi connectivity index (χ0) is 24.1. The zero-order valence-electron chi connectivity index (χ0n) is 19.2. The summed E-state index contributed by atoms with van der Waals surface area (Å²) in [6.45, 7) is 3.79. The van der Waals surface area contributed by atoms with E-state index in [1.165, 1.54) is 10.5 Å². The van der Waals surface area contributed by atoms with Gasteiger partial charge in [0.1, 0.15) is 29.5 Å². The number of ether oxygens (including phenoxy) is 3. The Morgan fingerprint density at radius 1 is 0.971 bits per heavy atom. The first-order valence-electron chi connectivity index (χ1n) is 10.7. The molecule has 174 valence electrons. The minimum absolute atomic E-state index is 0.124. The number of anilines is 1. The van der Waals surface area contributed by atoms with Crippen LogP contribution in [-0.2, 0) is 11.4 Å². The number of carbonyl (C=O) groups excluding carboxylic acids is 1. The molecule has 1 amide bonds. The standard InChI is InChI=1S/C26H25N3O5/c1-17-6-7-19(27-24(30)16-33-22-10-8-21(32-3)9-11-22)13-23(17)34-15-20-14-25(31)29-12-4-5-18(2)26(29)28-20/h4-14H,15-16H2,1-3H3,(H,27,30). The molecule has 0 saturated heterocycles. The second-order valence-electron chi connectivity index (χ2n) is 7.75. The van der Waals surface area contributed by atoms with E-state index >= 15 is 0 Å². The van der Waals surface area contributed by atoms with Crippen LogP contribution in [0.25, 0.3) is 5.65 Å². The molecule has 2 aromatic carbocycles. The molecule has 0 saturated carbocycles. The molecule has 0 aliphatic carbocycles. The lowest BCUT2D eigenvalue weighted by molar-refractivity contribution is -0.118. The van der Waals surface area contributed by atoms with Crippen LogP contribution in [0, 0.1) is 13.8 Å². The number of aromatic nitrogens is 2. The van der Waals surface area contributed by atoms with Gasteiger partial charge in [-0.05, 0) is 61.4 Å². The van der Waals surface area contributed by atoms with Crippen LogP contribution < -0.4 is 25.1 Å². The molecule has 2 heterocycles. The maximum atomic E-state index is 12.4. The largest absolute Gasteiger partial charge is 0.497 e. The Hall–Kier alpha value is -4.33. The van der Waals surface area contributed by atoms with Gasteiger partial charge in [-0.1, -0.05) is 12.1 Å². The highest BCUT2D eigenvalue weighted by atomic mass is 16.5. The van der Waals surface area contributed by atoms with E-state index in [2.05, 4.69) is 10.3 Å². The number of fused-ring (bicyclic) bond motifs is 1. The van der Waals surface area contributed by atoms with Crippen LogP contribution in [0.1, 0.15) is 16.8 Å². The van der Waals surface area contributed by atoms with Gasteiger partial charge in [0, 0.05) is 24.0 Å². The maximum absolute atomic E-state index is 12.4. The van der Waals surface area contributed by atoms with Crippen LogP contribution >= 0.6 is 0 Å². The summed E-state index contributed by atoms with van der Waals surface area (Å²) in [6.07, 6.45) is 1.69. The molecule has 4 aromatic rings. The van der Waals surface area contributed by atoms with E-state index in [0.717, 1.165) is 11.1 Å². The lowest BCUT2D eigenvalue weighted by Crippen LogP contribution is -2.20. The van der Waals surface area contributed by atoms with Crippen molar-refractivity contribution in [2.75, 3.05) is 19.0 Å². The molecule has 0 radical (unpaired) electrons. The molecule has 0 aliphatic heterocycles. The van der Waals surface area contributed by atoms with Crippen molar-refractivity contribution in [1.29, 1.82) is 0 Å². The minimum atomic E-state index is -0.301. The monoisotopic (exact) mass is 459 g/mol. The average molecular weight is 460 g/mol. The smallest absolute Gasteiger partial charge is 0.262 e. The molecule has 4 rings (SSSR count). The lowest BCUT2D eigenvalue weighted by Gasteiger charge is -2.13. The Morgan fingerprint density at radius 2 is 1.74 bits per heavy atom. The van der Waals surface area contributed by atoms with Gasteiger partial charge in [-0.15, -0.1) is 0 Å². The summed E-state index contributed by atoms with van der Waals surface area (Å²) in [5.74, 6) is 1.56. The van der Waals surface area contributed by atoms with Crippen LogP contribution in [0.15, 0.2) is 71.7 Å². The highest BCUT2D eigenvalue weighted by molar-refractivity contribution is 5.92. The van der Waals surface area contributed by atoms with Gasteiger partial charge in [0.25, 0.3) is 11.5 Å². The first-order valence-corrected chi connectivity index (χ1v) is 10.7. The maximum Gasteiger partial charge on any atom is 0.262 e. The zero-order valence-corrected chi connectivity index (χ0v) is 19.2. The molecule has 0 unspecified atom stereocenters. The first-order chi connectivity index (χ1) is 16.4. The van der Waals surface area contributed by atoms with Crippen LogP contribution in [-0.4, -0.2) is 29.0 Å². The SMILES string of the molecule is COc1ccc(OCC(=O)Nc2ccc(C)c(OCc3cc(=O)n4cccc(C)c4n3)c2)cc1. The number of benzene rings is 2. The topological polar surface area (TPSA) is 91.2 Å². The fourth-order valence-corrected chi connectivity index (χ4v) is 3.39. The Morgan fingerprint density at radius 3 is 2.50 bits per heavy atom. The molecule has 8 nitrogen and oxygen atoms in total. The highest BCUT2D eigenvalue weighted by Crippen LogP contribution is 2.24. The van der Waals surface area contributed by atoms with Crippen LogP contribution in [0.4, 0.5) is 5.69 Å². The Kier molecular flexibility index (Phi) is 6.77. The molecular formula is C26H25N3O5. The van der Waals surface area contributed by atoms with Gasteiger partial charge in [-0.25, -0.2) is 4.98 Å². The molecule has 0 spiro atoms. The molecular weight excluding hydrogens is 434 g/mol. The fourth-order valence-electron chi connectivity index (χ4n) is 3.39. The summed E-state index contributed by atoms with van der Waals surface area (Å²) in [5, 5.41) is 2.80. The number of hydrogen-bond acceptors (Lipinski definition) is 6. The second kappa shape index (κ2) is 10.1. The normalized spacial score (nSPS) is 10.7. The first kappa shape index (κ1) is 22.8. The summed E-state index contributed by atoms with van der Waals surface area (Å²) >= 11 is 0. The number of amides is 1. The van der Waals surface area contributed by atoms with Crippen molar-refractivity contribution in [1.82, 2.24) is 9.38 Å². The van der Waals surface area contributed by atoms with Gasteiger partial charge in [0.2, 0.25) is 0 Å². The third kappa shape index (κ3) is 5.35.